The number of urea groups is 1. The van der Waals surface area contributed by atoms with Crippen LogP contribution in [0.15, 0.2) is 24.3 Å². The molecule has 6 heteroatoms. The molecule has 2 amide bonds. The largest absolute Gasteiger partial charge is 0.481 e. The smallest absolute Gasteiger partial charge is 0.317 e. The van der Waals surface area contributed by atoms with Crippen LogP contribution in [0.3, 0.4) is 0 Å². The first-order valence-electron chi connectivity index (χ1n) is 9.38. The van der Waals surface area contributed by atoms with E-state index in [2.05, 4.69) is 23.5 Å². The molecule has 2 heterocycles. The van der Waals surface area contributed by atoms with E-state index in [0.717, 1.165) is 32.5 Å². The lowest BCUT2D eigenvalue weighted by Gasteiger charge is -2.40. The van der Waals surface area contributed by atoms with Gasteiger partial charge in [0.15, 0.2) is 0 Å². The molecule has 1 aromatic carbocycles. The van der Waals surface area contributed by atoms with Crippen LogP contribution in [-0.2, 0) is 16.0 Å². The van der Waals surface area contributed by atoms with Crippen molar-refractivity contribution in [1.82, 2.24) is 10.2 Å². The van der Waals surface area contributed by atoms with Gasteiger partial charge in [-0.1, -0.05) is 24.3 Å². The molecular weight excluding hydrogens is 332 g/mol. The molecule has 140 valence electrons. The van der Waals surface area contributed by atoms with Gasteiger partial charge < -0.3 is 20.1 Å². The van der Waals surface area contributed by atoms with Gasteiger partial charge in [0.25, 0.3) is 0 Å². The Morgan fingerprint density at radius 3 is 2.65 bits per heavy atom. The Labute approximate surface area is 153 Å². The number of ether oxygens (including phenoxy) is 1. The highest BCUT2D eigenvalue weighted by Gasteiger charge is 2.49. The van der Waals surface area contributed by atoms with Crippen LogP contribution in [0, 0.1) is 10.8 Å². The van der Waals surface area contributed by atoms with Crippen molar-refractivity contribution in [1.29, 1.82) is 0 Å². The highest BCUT2D eigenvalue weighted by atomic mass is 16.5. The zero-order chi connectivity index (χ0) is 18.4. The first-order valence-corrected chi connectivity index (χ1v) is 9.38. The van der Waals surface area contributed by atoms with Gasteiger partial charge in [-0.15, -0.1) is 0 Å². The zero-order valence-corrected chi connectivity index (χ0v) is 15.2. The summed E-state index contributed by atoms with van der Waals surface area (Å²) in [5.74, 6) is -0.833. The molecule has 0 saturated carbocycles. The number of carbonyl (C=O) groups is 2. The Morgan fingerprint density at radius 2 is 1.96 bits per heavy atom. The van der Waals surface area contributed by atoms with Crippen LogP contribution < -0.4 is 5.32 Å². The number of rotatable bonds is 2. The van der Waals surface area contributed by atoms with Crippen molar-refractivity contribution in [3.8, 4) is 0 Å². The van der Waals surface area contributed by atoms with Crippen LogP contribution in [0.1, 0.15) is 43.4 Å². The molecular formula is C20H26N2O4. The highest BCUT2D eigenvalue weighted by molar-refractivity contribution is 5.80. The maximum absolute atomic E-state index is 12.9. The van der Waals surface area contributed by atoms with Crippen LogP contribution in [0.5, 0.6) is 0 Å². The molecule has 0 radical (unpaired) electrons. The lowest BCUT2D eigenvalue weighted by molar-refractivity contribution is -0.147. The van der Waals surface area contributed by atoms with Crippen molar-refractivity contribution in [2.75, 3.05) is 26.3 Å². The van der Waals surface area contributed by atoms with Crippen molar-refractivity contribution in [3.63, 3.8) is 0 Å². The molecule has 3 aliphatic rings. The monoisotopic (exact) mass is 358 g/mol. The molecule has 0 aromatic heterocycles. The topological polar surface area (TPSA) is 78.9 Å². The van der Waals surface area contributed by atoms with E-state index in [4.69, 9.17) is 4.74 Å². The third-order valence-corrected chi connectivity index (χ3v) is 6.55. The summed E-state index contributed by atoms with van der Waals surface area (Å²) in [5, 5.41) is 12.7. The van der Waals surface area contributed by atoms with Crippen molar-refractivity contribution < 1.29 is 19.4 Å². The molecule has 1 aromatic rings. The van der Waals surface area contributed by atoms with Crippen LogP contribution in [0.25, 0.3) is 0 Å². The average molecular weight is 358 g/mol. The second-order valence-electron chi connectivity index (χ2n) is 8.27. The first-order chi connectivity index (χ1) is 12.4. The zero-order valence-electron chi connectivity index (χ0n) is 15.2. The van der Waals surface area contributed by atoms with Crippen LogP contribution in [0.4, 0.5) is 4.79 Å². The van der Waals surface area contributed by atoms with E-state index < -0.39 is 11.4 Å². The number of benzene rings is 1. The van der Waals surface area contributed by atoms with E-state index in [0.29, 0.717) is 13.0 Å². The molecule has 26 heavy (non-hydrogen) atoms. The summed E-state index contributed by atoms with van der Waals surface area (Å²) in [6, 6.07) is 8.14. The summed E-state index contributed by atoms with van der Waals surface area (Å²) >= 11 is 0. The van der Waals surface area contributed by atoms with Crippen LogP contribution in [0.2, 0.25) is 0 Å². The van der Waals surface area contributed by atoms with Crippen molar-refractivity contribution in [2.45, 2.75) is 38.6 Å². The molecule has 2 unspecified atom stereocenters. The van der Waals surface area contributed by atoms with Crippen molar-refractivity contribution in [3.05, 3.63) is 35.4 Å². The Morgan fingerprint density at radius 1 is 1.23 bits per heavy atom. The average Bonchev–Trinajstić information content (AvgIpc) is 3.16. The molecule has 2 fully saturated rings. The maximum Gasteiger partial charge on any atom is 0.317 e. The number of nitrogens with zero attached hydrogens (tertiary/aromatic N) is 1. The van der Waals surface area contributed by atoms with E-state index in [-0.39, 0.29) is 24.0 Å². The predicted octanol–water partition coefficient (Wildman–Crippen LogP) is 2.59. The number of aliphatic carboxylic acids is 1. The second kappa shape index (κ2) is 6.27. The molecule has 2 saturated heterocycles. The summed E-state index contributed by atoms with van der Waals surface area (Å²) in [4.78, 5) is 26.1. The Bertz CT molecular complexity index is 728. The summed E-state index contributed by atoms with van der Waals surface area (Å²) in [6.45, 7) is 3.91. The predicted molar refractivity (Wildman–Crippen MR) is 95.8 cm³/mol. The lowest BCUT2D eigenvalue weighted by Crippen LogP contribution is -2.47. The first kappa shape index (κ1) is 17.3. The van der Waals surface area contributed by atoms with Gasteiger partial charge in [-0.2, -0.15) is 0 Å². The number of carbonyl (C=O) groups excluding carboxylic acids is 1. The third-order valence-electron chi connectivity index (χ3n) is 6.55. The van der Waals surface area contributed by atoms with Gasteiger partial charge in [0.2, 0.25) is 0 Å². The van der Waals surface area contributed by atoms with Gasteiger partial charge in [0, 0.05) is 31.7 Å². The number of amides is 2. The Balaban J connectivity index is 1.55. The Hall–Kier alpha value is -2.08. The quantitative estimate of drug-likeness (QED) is 0.852. The van der Waals surface area contributed by atoms with Gasteiger partial charge in [-0.05, 0) is 43.7 Å². The molecule has 6 nitrogen and oxygen atoms in total. The summed E-state index contributed by atoms with van der Waals surface area (Å²) in [7, 11) is 0. The SMILES string of the molecule is CC1(C(=O)O)CCN(C(=O)NC2c3ccccc3CC23CCOCC3)C1. The van der Waals surface area contributed by atoms with E-state index in [1.54, 1.807) is 11.8 Å². The van der Waals surface area contributed by atoms with Gasteiger partial charge in [-0.25, -0.2) is 4.79 Å². The minimum absolute atomic E-state index is 0.00736. The van der Waals surface area contributed by atoms with E-state index in [1.165, 1.54) is 11.1 Å². The fraction of sp³-hybridized carbons (Fsp3) is 0.600. The van der Waals surface area contributed by atoms with E-state index >= 15 is 0 Å². The number of hydrogen-bond acceptors (Lipinski definition) is 3. The molecule has 4 rings (SSSR count). The summed E-state index contributed by atoms with van der Waals surface area (Å²) < 4.78 is 5.57. The second-order valence-corrected chi connectivity index (χ2v) is 8.27. The number of fused-ring (bicyclic) bond motifs is 1. The van der Waals surface area contributed by atoms with Crippen molar-refractivity contribution in [2.24, 2.45) is 10.8 Å². The summed E-state index contributed by atoms with van der Waals surface area (Å²) in [6.07, 6.45) is 3.32. The third kappa shape index (κ3) is 2.76. The lowest BCUT2D eigenvalue weighted by atomic mass is 9.74. The standard InChI is InChI=1S/C20H26N2O4/c1-19(17(23)24)6-9-22(13-19)18(25)21-16-15-5-3-2-4-14(15)12-20(16)7-10-26-11-8-20/h2-5,16H,6-13H2,1H3,(H,21,25)(H,23,24). The molecule has 2 N–H and O–H groups in total. The van der Waals surface area contributed by atoms with Crippen LogP contribution >= 0.6 is 0 Å². The van der Waals surface area contributed by atoms with Gasteiger partial charge >= 0.3 is 12.0 Å². The molecule has 1 spiro atoms. The van der Waals surface area contributed by atoms with Gasteiger partial charge in [-0.3, -0.25) is 4.79 Å². The number of hydrogen-bond donors (Lipinski definition) is 2. The van der Waals surface area contributed by atoms with Crippen molar-refractivity contribution >= 4 is 12.0 Å². The molecule has 0 bridgehead atoms. The van der Waals surface area contributed by atoms with Gasteiger partial charge in [0.1, 0.15) is 0 Å². The van der Waals surface area contributed by atoms with Gasteiger partial charge in [0.05, 0.1) is 11.5 Å². The minimum atomic E-state index is -0.846. The van der Waals surface area contributed by atoms with Crippen LogP contribution in [-0.4, -0.2) is 48.3 Å². The number of likely N-dealkylation sites (tertiary alicyclic amines) is 1. The normalized spacial score (nSPS) is 29.6. The molecule has 2 atom stereocenters. The Kier molecular flexibility index (Phi) is 4.18. The number of carboxylic acids is 1. The summed E-state index contributed by atoms with van der Waals surface area (Å²) in [5.41, 5.74) is 1.66. The van der Waals surface area contributed by atoms with E-state index in [1.807, 2.05) is 6.07 Å². The van der Waals surface area contributed by atoms with E-state index in [9.17, 15) is 14.7 Å². The minimum Gasteiger partial charge on any atom is -0.481 e. The number of carboxylic acid groups (broad SMARTS) is 1. The fourth-order valence-corrected chi connectivity index (χ4v) is 4.79. The number of nitrogens with one attached hydrogen (secondary N) is 1. The fourth-order valence-electron chi connectivity index (χ4n) is 4.79. The molecule has 2 aliphatic heterocycles. The highest BCUT2D eigenvalue weighted by Crippen LogP contribution is 2.51. The molecule has 1 aliphatic carbocycles. The maximum atomic E-state index is 12.9.